The molecule has 1 aliphatic heterocycles. The van der Waals surface area contributed by atoms with Gasteiger partial charge in [-0.1, -0.05) is 41.9 Å². The number of aliphatic carboxylic acids is 1. The van der Waals surface area contributed by atoms with E-state index in [9.17, 15) is 29.7 Å². The number of carbonyl (C=O) groups is 3. The van der Waals surface area contributed by atoms with Gasteiger partial charge in [0.15, 0.2) is 0 Å². The Labute approximate surface area is 170 Å². The second-order valence-electron chi connectivity index (χ2n) is 6.58. The van der Waals surface area contributed by atoms with E-state index in [2.05, 4.69) is 5.32 Å². The fourth-order valence-corrected chi connectivity index (χ4v) is 3.42. The first kappa shape index (κ1) is 20.6. The summed E-state index contributed by atoms with van der Waals surface area (Å²) in [4.78, 5) is 36.4. The van der Waals surface area contributed by atoms with Gasteiger partial charge in [0.25, 0.3) is 5.91 Å². The van der Waals surface area contributed by atoms with Crippen LogP contribution in [-0.4, -0.2) is 51.9 Å². The summed E-state index contributed by atoms with van der Waals surface area (Å²) in [6, 6.07) is 8.63. The number of carbonyl (C=O) groups excluding carboxylic acids is 2. The quantitative estimate of drug-likeness (QED) is 0.522. The van der Waals surface area contributed by atoms with Crippen LogP contribution >= 0.6 is 11.6 Å². The fraction of sp³-hybridized carbons (Fsp3) is 0.250. The van der Waals surface area contributed by atoms with Gasteiger partial charge >= 0.3 is 11.9 Å². The molecule has 1 heterocycles. The molecule has 1 aliphatic rings. The van der Waals surface area contributed by atoms with Gasteiger partial charge in [0.1, 0.15) is 23.5 Å². The van der Waals surface area contributed by atoms with Crippen LogP contribution in [0.2, 0.25) is 5.02 Å². The first-order valence-corrected chi connectivity index (χ1v) is 9.13. The van der Waals surface area contributed by atoms with Gasteiger partial charge in [-0.05, 0) is 17.2 Å². The Hall–Kier alpha value is -3.10. The second-order valence-corrected chi connectivity index (χ2v) is 6.98. The zero-order chi connectivity index (χ0) is 21.1. The highest BCUT2D eigenvalue weighted by molar-refractivity contribution is 6.32. The van der Waals surface area contributed by atoms with E-state index in [0.29, 0.717) is 5.56 Å². The van der Waals surface area contributed by atoms with Crippen LogP contribution in [-0.2, 0) is 22.4 Å². The molecule has 0 fully saturated rings. The van der Waals surface area contributed by atoms with Gasteiger partial charge in [-0.25, -0.2) is 9.59 Å². The smallest absolute Gasteiger partial charge is 0.342 e. The minimum atomic E-state index is -1.26. The number of ether oxygens (including phenoxy) is 1. The number of benzene rings is 2. The molecule has 152 valence electrons. The molecule has 2 atom stereocenters. The topological polar surface area (TPSA) is 133 Å². The van der Waals surface area contributed by atoms with Gasteiger partial charge in [0, 0.05) is 17.9 Å². The van der Waals surface area contributed by atoms with Crippen LogP contribution in [0, 0.1) is 0 Å². The molecule has 0 unspecified atom stereocenters. The molecule has 0 bridgehead atoms. The number of esters is 1. The predicted octanol–water partition coefficient (Wildman–Crippen LogP) is 1.55. The lowest BCUT2D eigenvalue weighted by atomic mass is 9.94. The number of aliphatic hydroxyl groups is 1. The van der Waals surface area contributed by atoms with Gasteiger partial charge in [0.2, 0.25) is 0 Å². The summed E-state index contributed by atoms with van der Waals surface area (Å²) in [6.45, 7) is -0.412. The molecule has 0 spiro atoms. The summed E-state index contributed by atoms with van der Waals surface area (Å²) in [6.07, 6.45) is -0.687. The molecule has 2 aromatic carbocycles. The van der Waals surface area contributed by atoms with Crippen LogP contribution in [0.1, 0.15) is 31.8 Å². The lowest BCUT2D eigenvalue weighted by Gasteiger charge is -2.25. The summed E-state index contributed by atoms with van der Waals surface area (Å²) in [5.74, 6) is -3.71. The number of fused-ring (bicyclic) bond motifs is 1. The minimum Gasteiger partial charge on any atom is -0.506 e. The summed E-state index contributed by atoms with van der Waals surface area (Å²) >= 11 is 6.18. The van der Waals surface area contributed by atoms with E-state index in [1.54, 1.807) is 30.3 Å². The Balaban J connectivity index is 1.89. The monoisotopic (exact) mass is 419 g/mol. The van der Waals surface area contributed by atoms with Gasteiger partial charge in [-0.3, -0.25) is 4.79 Å². The van der Waals surface area contributed by atoms with Crippen molar-refractivity contribution in [3.8, 4) is 5.75 Å². The SMILES string of the molecule is O=C(N[C@@H](Cc1ccccc1)C(=O)O)c1cc(Cl)c2c(c1O)C(=O)O[C@H](CO)C2. The lowest BCUT2D eigenvalue weighted by Crippen LogP contribution is -2.42. The highest BCUT2D eigenvalue weighted by atomic mass is 35.5. The number of hydrogen-bond donors (Lipinski definition) is 4. The van der Waals surface area contributed by atoms with Crippen molar-refractivity contribution in [2.45, 2.75) is 25.0 Å². The number of halogens is 1. The Morgan fingerprint density at radius 2 is 1.97 bits per heavy atom. The average Bonchev–Trinajstić information content (AvgIpc) is 2.70. The number of hydrogen-bond acceptors (Lipinski definition) is 6. The number of nitrogens with one attached hydrogen (secondary N) is 1. The van der Waals surface area contributed by atoms with Gasteiger partial charge in [-0.2, -0.15) is 0 Å². The largest absolute Gasteiger partial charge is 0.506 e. The number of carboxylic acids is 1. The van der Waals surface area contributed by atoms with Crippen molar-refractivity contribution in [2.24, 2.45) is 0 Å². The Bertz CT molecular complexity index is 961. The normalized spacial score (nSPS) is 16.5. The van der Waals surface area contributed by atoms with Crippen LogP contribution in [0.25, 0.3) is 0 Å². The van der Waals surface area contributed by atoms with Gasteiger partial charge < -0.3 is 25.4 Å². The minimum absolute atomic E-state index is 0.0293. The third-order valence-corrected chi connectivity index (χ3v) is 4.93. The third kappa shape index (κ3) is 4.33. The van der Waals surface area contributed by atoms with Crippen LogP contribution in [0.15, 0.2) is 36.4 Å². The van der Waals surface area contributed by atoms with Crippen LogP contribution in [0.3, 0.4) is 0 Å². The molecule has 29 heavy (non-hydrogen) atoms. The number of aliphatic hydroxyl groups excluding tert-OH is 1. The second kappa shape index (κ2) is 8.50. The molecule has 3 rings (SSSR count). The zero-order valence-corrected chi connectivity index (χ0v) is 15.8. The van der Waals surface area contributed by atoms with Crippen molar-refractivity contribution in [3.05, 3.63) is 63.7 Å². The van der Waals surface area contributed by atoms with E-state index in [1.807, 2.05) is 0 Å². The molecule has 9 heteroatoms. The number of amides is 1. The first-order valence-electron chi connectivity index (χ1n) is 8.75. The molecule has 8 nitrogen and oxygen atoms in total. The van der Waals surface area contributed by atoms with E-state index in [4.69, 9.17) is 16.3 Å². The molecular formula is C20H18ClNO7. The Morgan fingerprint density at radius 1 is 1.28 bits per heavy atom. The van der Waals surface area contributed by atoms with E-state index >= 15 is 0 Å². The van der Waals surface area contributed by atoms with Crippen molar-refractivity contribution in [3.63, 3.8) is 0 Å². The Morgan fingerprint density at radius 3 is 2.59 bits per heavy atom. The van der Waals surface area contributed by atoms with E-state index < -0.39 is 42.3 Å². The Kier molecular flexibility index (Phi) is 6.05. The van der Waals surface area contributed by atoms with Crippen molar-refractivity contribution in [1.82, 2.24) is 5.32 Å². The predicted molar refractivity (Wildman–Crippen MR) is 102 cm³/mol. The fourth-order valence-electron chi connectivity index (χ4n) is 3.14. The molecule has 0 aromatic heterocycles. The zero-order valence-electron chi connectivity index (χ0n) is 15.1. The molecule has 0 radical (unpaired) electrons. The number of phenolic OH excluding ortho intramolecular Hbond substituents is 1. The van der Waals surface area contributed by atoms with Crippen molar-refractivity contribution in [2.75, 3.05) is 6.61 Å². The standard InChI is InChI=1S/C20H18ClNO7/c21-14-8-13(17(24)16-12(14)7-11(9-23)29-20(16)28)18(25)22-15(19(26)27)6-10-4-2-1-3-5-10/h1-5,8,11,15,23-24H,6-7,9H2,(H,22,25)(H,26,27)/t11-,15-/m0/s1. The molecule has 2 aromatic rings. The highest BCUT2D eigenvalue weighted by Gasteiger charge is 2.34. The van der Waals surface area contributed by atoms with Crippen molar-refractivity contribution in [1.29, 1.82) is 0 Å². The lowest BCUT2D eigenvalue weighted by molar-refractivity contribution is -0.139. The molecule has 0 aliphatic carbocycles. The number of cyclic esters (lactones) is 1. The van der Waals surface area contributed by atoms with Crippen molar-refractivity contribution < 1.29 is 34.4 Å². The highest BCUT2D eigenvalue weighted by Crippen LogP contribution is 2.36. The molecular weight excluding hydrogens is 402 g/mol. The summed E-state index contributed by atoms with van der Waals surface area (Å²) < 4.78 is 5.00. The maximum Gasteiger partial charge on any atom is 0.342 e. The third-order valence-electron chi connectivity index (χ3n) is 4.60. The molecule has 0 saturated heterocycles. The summed E-state index contributed by atoms with van der Waals surface area (Å²) in [5, 5.41) is 31.5. The van der Waals surface area contributed by atoms with Crippen LogP contribution < -0.4 is 5.32 Å². The first-order chi connectivity index (χ1) is 13.8. The summed E-state index contributed by atoms with van der Waals surface area (Å²) in [7, 11) is 0. The van der Waals surface area contributed by atoms with Gasteiger partial charge in [0.05, 0.1) is 12.2 Å². The number of rotatable bonds is 6. The van der Waals surface area contributed by atoms with Crippen LogP contribution in [0.5, 0.6) is 5.75 Å². The van der Waals surface area contributed by atoms with E-state index in [0.717, 1.165) is 0 Å². The molecule has 0 saturated carbocycles. The number of phenols is 1. The van der Waals surface area contributed by atoms with Crippen molar-refractivity contribution >= 4 is 29.4 Å². The number of carboxylic acid groups (broad SMARTS) is 1. The maximum atomic E-state index is 12.7. The van der Waals surface area contributed by atoms with E-state index in [-0.39, 0.29) is 34.6 Å². The molecule has 1 amide bonds. The molecule has 4 N–H and O–H groups in total. The van der Waals surface area contributed by atoms with Crippen LogP contribution in [0.4, 0.5) is 0 Å². The van der Waals surface area contributed by atoms with E-state index in [1.165, 1.54) is 6.07 Å². The summed E-state index contributed by atoms with van der Waals surface area (Å²) in [5.41, 5.74) is 0.358. The maximum absolute atomic E-state index is 12.7. The average molecular weight is 420 g/mol. The number of aromatic hydroxyl groups is 1. The van der Waals surface area contributed by atoms with Gasteiger partial charge in [-0.15, -0.1) is 0 Å².